The van der Waals surface area contributed by atoms with E-state index in [0.717, 1.165) is 12.8 Å². The zero-order chi connectivity index (χ0) is 11.3. The van der Waals surface area contributed by atoms with E-state index in [0.29, 0.717) is 5.92 Å². The monoisotopic (exact) mass is 216 g/mol. The van der Waals surface area contributed by atoms with Crippen LogP contribution in [0.15, 0.2) is 6.07 Å². The van der Waals surface area contributed by atoms with E-state index in [1.54, 1.807) is 11.1 Å². The van der Waals surface area contributed by atoms with Crippen molar-refractivity contribution in [3.05, 3.63) is 33.9 Å². The second-order valence-corrected chi connectivity index (χ2v) is 5.56. The molecule has 1 aromatic carbocycles. The molecule has 2 aliphatic rings. The van der Waals surface area contributed by atoms with E-state index in [1.807, 2.05) is 0 Å². The smallest absolute Gasteiger partial charge is 0.0796 e. The van der Waals surface area contributed by atoms with Crippen molar-refractivity contribution in [1.82, 2.24) is 0 Å². The average molecular weight is 216 g/mol. The summed E-state index contributed by atoms with van der Waals surface area (Å²) in [6, 6.07) is 2.29. The van der Waals surface area contributed by atoms with E-state index >= 15 is 0 Å². The molecule has 0 fully saturated rings. The first kappa shape index (κ1) is 10.3. The molecule has 1 aromatic rings. The molecule has 16 heavy (non-hydrogen) atoms. The van der Waals surface area contributed by atoms with Gasteiger partial charge in [-0.25, -0.2) is 0 Å². The second-order valence-electron chi connectivity index (χ2n) is 5.56. The van der Waals surface area contributed by atoms with Gasteiger partial charge >= 0.3 is 0 Å². The van der Waals surface area contributed by atoms with Gasteiger partial charge < -0.3 is 5.11 Å². The Bertz CT molecular complexity index is 432. The molecule has 3 rings (SSSR count). The first-order valence-electron chi connectivity index (χ1n) is 6.54. The summed E-state index contributed by atoms with van der Waals surface area (Å²) >= 11 is 0. The van der Waals surface area contributed by atoms with Gasteiger partial charge in [-0.3, -0.25) is 0 Å². The Kier molecular flexibility index (Phi) is 2.32. The number of fused-ring (bicyclic) bond motifs is 2. The fraction of sp³-hybridized carbons (Fsp3) is 0.600. The van der Waals surface area contributed by atoms with Crippen molar-refractivity contribution < 1.29 is 5.11 Å². The van der Waals surface area contributed by atoms with Crippen molar-refractivity contribution in [2.75, 3.05) is 0 Å². The largest absolute Gasteiger partial charge is 0.388 e. The Morgan fingerprint density at radius 1 is 1.19 bits per heavy atom. The number of hydrogen-bond acceptors (Lipinski definition) is 1. The number of hydrogen-bond donors (Lipinski definition) is 1. The maximum absolute atomic E-state index is 10.0. The Morgan fingerprint density at radius 2 is 2.00 bits per heavy atom. The number of aryl methyl sites for hydroxylation is 1. The minimum Gasteiger partial charge on any atom is -0.388 e. The summed E-state index contributed by atoms with van der Waals surface area (Å²) in [6.45, 7) is 4.58. The van der Waals surface area contributed by atoms with E-state index < -0.39 is 0 Å². The van der Waals surface area contributed by atoms with Gasteiger partial charge in [0, 0.05) is 0 Å². The van der Waals surface area contributed by atoms with Crippen LogP contribution in [0.3, 0.4) is 0 Å². The van der Waals surface area contributed by atoms with Crippen LogP contribution in [0, 0.1) is 0 Å². The predicted molar refractivity (Wildman–Crippen MR) is 65.8 cm³/mol. The standard InChI is InChI=1S/C15H20O/c1-9(2)15-11-5-3-4-10(11)8-13-12(15)6-7-14(13)16/h8-9,14,16H,3-7H2,1-2H3/t14-/m1/s1. The summed E-state index contributed by atoms with van der Waals surface area (Å²) in [6.07, 6.45) is 5.59. The number of benzene rings is 1. The molecule has 2 aliphatic carbocycles. The minimum absolute atomic E-state index is 0.196. The van der Waals surface area contributed by atoms with Crippen LogP contribution in [0.5, 0.6) is 0 Å². The van der Waals surface area contributed by atoms with Crippen molar-refractivity contribution in [3.63, 3.8) is 0 Å². The summed E-state index contributed by atoms with van der Waals surface area (Å²) in [5, 5.41) is 10.0. The van der Waals surface area contributed by atoms with Gasteiger partial charge in [0.25, 0.3) is 0 Å². The highest BCUT2D eigenvalue weighted by Crippen LogP contribution is 2.41. The average Bonchev–Trinajstić information content (AvgIpc) is 2.82. The molecular formula is C15H20O. The molecule has 1 heteroatoms. The molecule has 0 aromatic heterocycles. The molecular weight excluding hydrogens is 196 g/mol. The lowest BCUT2D eigenvalue weighted by atomic mass is 9.87. The third-order valence-corrected chi connectivity index (χ3v) is 4.19. The van der Waals surface area contributed by atoms with E-state index in [4.69, 9.17) is 0 Å². The van der Waals surface area contributed by atoms with Crippen LogP contribution >= 0.6 is 0 Å². The lowest BCUT2D eigenvalue weighted by molar-refractivity contribution is 0.180. The fourth-order valence-corrected chi connectivity index (χ4v) is 3.56. The minimum atomic E-state index is -0.196. The van der Waals surface area contributed by atoms with Crippen LogP contribution in [0.2, 0.25) is 0 Å². The van der Waals surface area contributed by atoms with Crippen molar-refractivity contribution >= 4 is 0 Å². The molecule has 0 bridgehead atoms. The normalized spacial score (nSPS) is 22.6. The lowest BCUT2D eigenvalue weighted by Crippen LogP contribution is -2.03. The Balaban J connectivity index is 2.25. The van der Waals surface area contributed by atoms with Gasteiger partial charge in [0.2, 0.25) is 0 Å². The van der Waals surface area contributed by atoms with Gasteiger partial charge in [0.05, 0.1) is 6.10 Å². The van der Waals surface area contributed by atoms with Gasteiger partial charge in [0.1, 0.15) is 0 Å². The Morgan fingerprint density at radius 3 is 2.75 bits per heavy atom. The predicted octanol–water partition coefficient (Wildman–Crippen LogP) is 3.28. The maximum atomic E-state index is 10.0. The molecule has 0 heterocycles. The van der Waals surface area contributed by atoms with Gasteiger partial charge in [-0.15, -0.1) is 0 Å². The lowest BCUT2D eigenvalue weighted by Gasteiger charge is -2.18. The molecule has 1 nitrogen and oxygen atoms in total. The number of aliphatic hydroxyl groups is 1. The van der Waals surface area contributed by atoms with Crippen LogP contribution in [0.4, 0.5) is 0 Å². The highest BCUT2D eigenvalue weighted by molar-refractivity contribution is 5.52. The first-order chi connectivity index (χ1) is 7.68. The molecule has 0 unspecified atom stereocenters. The molecule has 0 amide bonds. The van der Waals surface area contributed by atoms with Crippen molar-refractivity contribution in [2.24, 2.45) is 0 Å². The SMILES string of the molecule is CC(C)c1c2c(cc3c1CC[C@H]3O)CCC2. The zero-order valence-corrected chi connectivity index (χ0v) is 10.2. The van der Waals surface area contributed by atoms with E-state index in [9.17, 15) is 5.11 Å². The number of aliphatic hydroxyl groups excluding tert-OH is 1. The Labute approximate surface area is 97.5 Å². The molecule has 0 saturated heterocycles. The molecule has 1 N–H and O–H groups in total. The van der Waals surface area contributed by atoms with Gasteiger partial charge in [-0.05, 0) is 65.8 Å². The van der Waals surface area contributed by atoms with Crippen LogP contribution in [0.25, 0.3) is 0 Å². The topological polar surface area (TPSA) is 20.2 Å². The molecule has 0 spiro atoms. The third kappa shape index (κ3) is 1.34. The summed E-state index contributed by atoms with van der Waals surface area (Å²) < 4.78 is 0. The molecule has 86 valence electrons. The summed E-state index contributed by atoms with van der Waals surface area (Å²) in [5.74, 6) is 0.604. The highest BCUT2D eigenvalue weighted by Gasteiger charge is 2.29. The third-order valence-electron chi connectivity index (χ3n) is 4.19. The van der Waals surface area contributed by atoms with Crippen LogP contribution in [-0.4, -0.2) is 5.11 Å². The second kappa shape index (κ2) is 3.59. The fourth-order valence-electron chi connectivity index (χ4n) is 3.56. The molecule has 0 radical (unpaired) electrons. The van der Waals surface area contributed by atoms with Gasteiger partial charge in [0.15, 0.2) is 0 Å². The van der Waals surface area contributed by atoms with Crippen LogP contribution in [-0.2, 0) is 19.3 Å². The highest BCUT2D eigenvalue weighted by atomic mass is 16.3. The zero-order valence-electron chi connectivity index (χ0n) is 10.2. The number of rotatable bonds is 1. The molecule has 1 atom stereocenters. The van der Waals surface area contributed by atoms with Crippen molar-refractivity contribution in [3.8, 4) is 0 Å². The van der Waals surface area contributed by atoms with E-state index in [1.165, 1.54) is 36.0 Å². The quantitative estimate of drug-likeness (QED) is 0.764. The summed E-state index contributed by atoms with van der Waals surface area (Å²) in [5.41, 5.74) is 7.42. The van der Waals surface area contributed by atoms with Gasteiger partial charge in [-0.2, -0.15) is 0 Å². The van der Waals surface area contributed by atoms with E-state index in [-0.39, 0.29) is 6.10 Å². The summed E-state index contributed by atoms with van der Waals surface area (Å²) in [7, 11) is 0. The van der Waals surface area contributed by atoms with Crippen LogP contribution in [0.1, 0.15) is 66.5 Å². The maximum Gasteiger partial charge on any atom is 0.0796 e. The van der Waals surface area contributed by atoms with E-state index in [2.05, 4.69) is 19.9 Å². The first-order valence-corrected chi connectivity index (χ1v) is 6.54. The summed E-state index contributed by atoms with van der Waals surface area (Å²) in [4.78, 5) is 0. The Hall–Kier alpha value is -0.820. The van der Waals surface area contributed by atoms with Crippen molar-refractivity contribution in [1.29, 1.82) is 0 Å². The van der Waals surface area contributed by atoms with Crippen LogP contribution < -0.4 is 0 Å². The molecule has 0 saturated carbocycles. The van der Waals surface area contributed by atoms with Gasteiger partial charge in [-0.1, -0.05) is 19.9 Å². The molecule has 0 aliphatic heterocycles. The van der Waals surface area contributed by atoms with Crippen molar-refractivity contribution in [2.45, 2.75) is 58.0 Å².